The highest BCUT2D eigenvalue weighted by Crippen LogP contribution is 2.22. The van der Waals surface area contributed by atoms with E-state index in [9.17, 15) is 0 Å². The van der Waals surface area contributed by atoms with Crippen LogP contribution < -0.4 is 11.1 Å². The van der Waals surface area contributed by atoms with Gasteiger partial charge in [0.25, 0.3) is 0 Å². The Labute approximate surface area is 184 Å². The number of benzene rings is 2. The highest BCUT2D eigenvalue weighted by Gasteiger charge is 2.19. The van der Waals surface area contributed by atoms with Crippen molar-refractivity contribution in [2.75, 3.05) is 25.0 Å². The molecule has 0 bridgehead atoms. The minimum absolute atomic E-state index is 0. The number of nitrogens with zero attached hydrogens (tertiary/aromatic N) is 2. The zero-order valence-electron chi connectivity index (χ0n) is 15.7. The number of likely N-dealkylation sites (tertiary alicyclic amines) is 1. The Balaban J connectivity index is 0.00000261. The molecular weight excluding hydrogens is 471 g/mol. The highest BCUT2D eigenvalue weighted by atomic mass is 127. The summed E-state index contributed by atoms with van der Waals surface area (Å²) in [6.45, 7) is 5.93. The first-order valence-corrected chi connectivity index (χ1v) is 9.57. The number of aliphatic imine (C=N–C) groups is 1. The molecule has 0 amide bonds. The van der Waals surface area contributed by atoms with Crippen molar-refractivity contribution in [3.8, 4) is 0 Å². The molecule has 0 saturated carbocycles. The average molecular weight is 499 g/mol. The molecule has 0 unspecified atom stereocenters. The van der Waals surface area contributed by atoms with E-state index in [2.05, 4.69) is 40.3 Å². The van der Waals surface area contributed by atoms with Gasteiger partial charge >= 0.3 is 0 Å². The lowest BCUT2D eigenvalue weighted by Gasteiger charge is -2.31. The van der Waals surface area contributed by atoms with E-state index < -0.39 is 0 Å². The molecule has 3 rings (SSSR count). The van der Waals surface area contributed by atoms with Gasteiger partial charge in [0.15, 0.2) is 5.96 Å². The van der Waals surface area contributed by atoms with E-state index >= 15 is 0 Å². The van der Waals surface area contributed by atoms with E-state index in [0.29, 0.717) is 11.9 Å². The summed E-state index contributed by atoms with van der Waals surface area (Å²) in [5.74, 6) is 1.09. The van der Waals surface area contributed by atoms with Crippen molar-refractivity contribution in [2.24, 2.45) is 16.6 Å². The maximum absolute atomic E-state index is 6.27. The predicted octanol–water partition coefficient (Wildman–Crippen LogP) is 4.91. The Morgan fingerprint density at radius 3 is 2.48 bits per heavy atom. The van der Waals surface area contributed by atoms with Gasteiger partial charge in [-0.15, -0.1) is 24.0 Å². The Bertz CT molecular complexity index is 740. The zero-order chi connectivity index (χ0) is 18.4. The minimum atomic E-state index is 0. The molecular formula is C21H28ClIN4. The number of anilines is 1. The average Bonchev–Trinajstić information content (AvgIpc) is 2.65. The van der Waals surface area contributed by atoms with Crippen molar-refractivity contribution in [2.45, 2.75) is 26.3 Å². The van der Waals surface area contributed by atoms with Gasteiger partial charge in [0, 0.05) is 23.8 Å². The van der Waals surface area contributed by atoms with Crippen LogP contribution in [0.15, 0.2) is 53.5 Å². The molecule has 1 saturated heterocycles. The summed E-state index contributed by atoms with van der Waals surface area (Å²) in [7, 11) is 0. The summed E-state index contributed by atoms with van der Waals surface area (Å²) < 4.78 is 0. The van der Waals surface area contributed by atoms with Gasteiger partial charge < -0.3 is 11.1 Å². The molecule has 3 N–H and O–H groups in total. The van der Waals surface area contributed by atoms with Crippen LogP contribution in [0, 0.1) is 12.8 Å². The van der Waals surface area contributed by atoms with Gasteiger partial charge in [0.05, 0.1) is 0 Å². The van der Waals surface area contributed by atoms with Gasteiger partial charge in [-0.25, -0.2) is 0 Å². The lowest BCUT2D eigenvalue weighted by molar-refractivity contribution is 0.180. The van der Waals surface area contributed by atoms with E-state index in [0.717, 1.165) is 49.7 Å². The van der Waals surface area contributed by atoms with Gasteiger partial charge in [-0.05, 0) is 62.5 Å². The summed E-state index contributed by atoms with van der Waals surface area (Å²) in [4.78, 5) is 7.00. The zero-order valence-corrected chi connectivity index (χ0v) is 18.8. The third kappa shape index (κ3) is 6.97. The van der Waals surface area contributed by atoms with Gasteiger partial charge in [-0.3, -0.25) is 9.89 Å². The quantitative estimate of drug-likeness (QED) is 0.350. The molecule has 1 heterocycles. The van der Waals surface area contributed by atoms with Crippen molar-refractivity contribution in [1.82, 2.24) is 4.90 Å². The molecule has 0 aliphatic carbocycles. The number of aryl methyl sites for hydroxylation is 1. The Morgan fingerprint density at radius 2 is 1.81 bits per heavy atom. The number of hydrogen-bond acceptors (Lipinski definition) is 2. The van der Waals surface area contributed by atoms with E-state index in [1.165, 1.54) is 11.1 Å². The van der Waals surface area contributed by atoms with Crippen LogP contribution in [0.5, 0.6) is 0 Å². The highest BCUT2D eigenvalue weighted by molar-refractivity contribution is 14.0. The van der Waals surface area contributed by atoms with Gasteiger partial charge in [-0.1, -0.05) is 47.5 Å². The van der Waals surface area contributed by atoms with Crippen LogP contribution in [0.2, 0.25) is 5.02 Å². The Hall–Kier alpha value is -1.31. The molecule has 0 aromatic heterocycles. The molecule has 146 valence electrons. The van der Waals surface area contributed by atoms with Gasteiger partial charge in [0.2, 0.25) is 0 Å². The largest absolute Gasteiger partial charge is 0.370 e. The molecule has 2 aromatic carbocycles. The first kappa shape index (κ1) is 22.0. The van der Waals surface area contributed by atoms with Crippen LogP contribution in [0.4, 0.5) is 5.69 Å². The monoisotopic (exact) mass is 498 g/mol. The molecule has 6 heteroatoms. The second kappa shape index (κ2) is 10.9. The first-order chi connectivity index (χ1) is 12.6. The maximum Gasteiger partial charge on any atom is 0.193 e. The van der Waals surface area contributed by atoms with Crippen molar-refractivity contribution >= 4 is 47.2 Å². The summed E-state index contributed by atoms with van der Waals surface area (Å²) in [6, 6.07) is 16.3. The summed E-state index contributed by atoms with van der Waals surface area (Å²) in [5.41, 5.74) is 9.44. The molecule has 1 fully saturated rings. The van der Waals surface area contributed by atoms with Crippen LogP contribution in [0.25, 0.3) is 0 Å². The number of hydrogen-bond donors (Lipinski definition) is 2. The Morgan fingerprint density at radius 1 is 1.15 bits per heavy atom. The number of guanidine groups is 1. The van der Waals surface area contributed by atoms with Crippen molar-refractivity contribution in [3.05, 3.63) is 64.7 Å². The lowest BCUT2D eigenvalue weighted by Crippen LogP contribution is -2.34. The number of nitrogens with two attached hydrogens (primary N) is 1. The Kier molecular flexibility index (Phi) is 8.86. The van der Waals surface area contributed by atoms with Crippen LogP contribution >= 0.6 is 35.6 Å². The molecule has 0 atom stereocenters. The fourth-order valence-electron chi connectivity index (χ4n) is 3.25. The maximum atomic E-state index is 6.27. The van der Waals surface area contributed by atoms with Crippen LogP contribution in [-0.2, 0) is 6.54 Å². The third-order valence-corrected chi connectivity index (χ3v) is 5.27. The lowest BCUT2D eigenvalue weighted by atomic mass is 9.96. The van der Waals surface area contributed by atoms with Crippen molar-refractivity contribution in [1.29, 1.82) is 0 Å². The predicted molar refractivity (Wildman–Crippen MR) is 126 cm³/mol. The third-order valence-electron chi connectivity index (χ3n) is 4.90. The van der Waals surface area contributed by atoms with E-state index in [1.807, 2.05) is 30.3 Å². The molecule has 2 aromatic rings. The van der Waals surface area contributed by atoms with E-state index in [1.54, 1.807) is 0 Å². The summed E-state index contributed by atoms with van der Waals surface area (Å²) in [6.07, 6.45) is 2.29. The van der Waals surface area contributed by atoms with E-state index in [-0.39, 0.29) is 24.0 Å². The number of piperidine rings is 1. The molecule has 0 radical (unpaired) electrons. The molecule has 1 aliphatic rings. The second-order valence-electron chi connectivity index (χ2n) is 7.03. The van der Waals surface area contributed by atoms with E-state index in [4.69, 9.17) is 17.3 Å². The SMILES string of the molecule is Cc1ccc(NC(N)=NCC2CCN(Cc3ccccc3Cl)CC2)cc1.I. The number of nitrogens with one attached hydrogen (secondary N) is 1. The number of halogens is 2. The van der Waals surface area contributed by atoms with Crippen molar-refractivity contribution in [3.63, 3.8) is 0 Å². The fraction of sp³-hybridized carbons (Fsp3) is 0.381. The van der Waals surface area contributed by atoms with Gasteiger partial charge in [0.1, 0.15) is 0 Å². The van der Waals surface area contributed by atoms with Crippen molar-refractivity contribution < 1.29 is 0 Å². The van der Waals surface area contributed by atoms with Crippen LogP contribution in [0.1, 0.15) is 24.0 Å². The minimum Gasteiger partial charge on any atom is -0.370 e. The molecule has 1 aliphatic heterocycles. The normalized spacial score (nSPS) is 16.0. The fourth-order valence-corrected chi connectivity index (χ4v) is 3.44. The van der Waals surface area contributed by atoms with Crippen LogP contribution in [-0.4, -0.2) is 30.5 Å². The standard InChI is InChI=1S/C21H27ClN4.HI/c1-16-6-8-19(9-7-16)25-21(23)24-14-17-10-12-26(13-11-17)15-18-4-2-3-5-20(18)22;/h2-9,17H,10-15H2,1H3,(H3,23,24,25);1H. The topological polar surface area (TPSA) is 53.6 Å². The molecule has 27 heavy (non-hydrogen) atoms. The molecule has 0 spiro atoms. The van der Waals surface area contributed by atoms with Crippen LogP contribution in [0.3, 0.4) is 0 Å². The molecule has 4 nitrogen and oxygen atoms in total. The number of rotatable bonds is 5. The second-order valence-corrected chi connectivity index (χ2v) is 7.44. The van der Waals surface area contributed by atoms with Gasteiger partial charge in [-0.2, -0.15) is 0 Å². The smallest absolute Gasteiger partial charge is 0.193 e. The first-order valence-electron chi connectivity index (χ1n) is 9.19. The summed E-state index contributed by atoms with van der Waals surface area (Å²) in [5, 5.41) is 4.01. The summed E-state index contributed by atoms with van der Waals surface area (Å²) >= 11 is 6.27.